The number of rotatable bonds is 6. The van der Waals surface area contributed by atoms with Crippen molar-refractivity contribution in [1.82, 2.24) is 10.3 Å². The third kappa shape index (κ3) is 4.75. The van der Waals surface area contributed by atoms with Gasteiger partial charge in [-0.25, -0.2) is 8.42 Å². The molecule has 1 aromatic heterocycles. The molecule has 0 aliphatic rings. The van der Waals surface area contributed by atoms with E-state index in [2.05, 4.69) is 15.0 Å². The Morgan fingerprint density at radius 3 is 2.36 bits per heavy atom. The molecule has 0 atom stereocenters. The molecule has 3 aromatic rings. The number of amides is 1. The molecular weight excluding hydrogens is 374 g/mol. The quantitative estimate of drug-likeness (QED) is 0.669. The first-order chi connectivity index (χ1) is 13.3. The first-order valence-electron chi connectivity index (χ1n) is 8.73. The maximum Gasteiger partial charge on any atom is 0.261 e. The molecule has 2 aromatic carbocycles. The summed E-state index contributed by atoms with van der Waals surface area (Å²) in [4.78, 5) is 16.5. The van der Waals surface area contributed by atoms with Crippen molar-refractivity contribution in [1.29, 1.82) is 0 Å². The van der Waals surface area contributed by atoms with Crippen LogP contribution in [-0.4, -0.2) is 19.3 Å². The van der Waals surface area contributed by atoms with E-state index in [1.54, 1.807) is 24.4 Å². The van der Waals surface area contributed by atoms with Crippen LogP contribution in [0.1, 0.15) is 27.2 Å². The molecule has 6 nitrogen and oxygen atoms in total. The van der Waals surface area contributed by atoms with Gasteiger partial charge in [-0.15, -0.1) is 0 Å². The SMILES string of the molecule is Cc1ccc(NS(=O)(=O)c2ccc(C(=O)NCc3ccccn3)cc2)cc1C. The predicted octanol–water partition coefficient (Wildman–Crippen LogP) is 3.43. The molecule has 2 N–H and O–H groups in total. The molecule has 0 saturated heterocycles. The summed E-state index contributed by atoms with van der Waals surface area (Å²) in [6, 6.07) is 16.6. The zero-order valence-electron chi connectivity index (χ0n) is 15.6. The van der Waals surface area contributed by atoms with Crippen LogP contribution in [0, 0.1) is 13.8 Å². The normalized spacial score (nSPS) is 11.1. The average molecular weight is 395 g/mol. The number of anilines is 1. The predicted molar refractivity (Wildman–Crippen MR) is 109 cm³/mol. The highest BCUT2D eigenvalue weighted by Gasteiger charge is 2.15. The van der Waals surface area contributed by atoms with E-state index in [9.17, 15) is 13.2 Å². The Morgan fingerprint density at radius 2 is 1.71 bits per heavy atom. The van der Waals surface area contributed by atoms with Crippen LogP contribution in [0.5, 0.6) is 0 Å². The number of sulfonamides is 1. The van der Waals surface area contributed by atoms with Crippen molar-refractivity contribution < 1.29 is 13.2 Å². The van der Waals surface area contributed by atoms with Crippen LogP contribution in [0.15, 0.2) is 71.8 Å². The maximum atomic E-state index is 12.6. The largest absolute Gasteiger partial charge is 0.346 e. The summed E-state index contributed by atoms with van der Waals surface area (Å²) < 4.78 is 27.7. The minimum absolute atomic E-state index is 0.0898. The molecule has 3 rings (SSSR count). The fourth-order valence-electron chi connectivity index (χ4n) is 2.58. The molecular formula is C21H21N3O3S. The standard InChI is InChI=1S/C21H21N3O3S/c1-15-6-9-18(13-16(15)2)24-28(26,27)20-10-7-17(8-11-20)21(25)23-14-19-5-3-4-12-22-19/h3-13,24H,14H2,1-2H3,(H,23,25). The summed E-state index contributed by atoms with van der Waals surface area (Å²) in [7, 11) is -3.73. The Bertz CT molecular complexity index is 1080. The molecule has 1 amide bonds. The Kier molecular flexibility index (Phi) is 5.75. The van der Waals surface area contributed by atoms with Gasteiger partial charge in [0.1, 0.15) is 0 Å². The zero-order valence-corrected chi connectivity index (χ0v) is 16.5. The summed E-state index contributed by atoms with van der Waals surface area (Å²) in [5.41, 5.74) is 3.71. The highest BCUT2D eigenvalue weighted by atomic mass is 32.2. The summed E-state index contributed by atoms with van der Waals surface area (Å²) in [6.45, 7) is 4.19. The number of carbonyl (C=O) groups excluding carboxylic acids is 1. The summed E-state index contributed by atoms with van der Waals surface area (Å²) in [5, 5.41) is 2.76. The van der Waals surface area contributed by atoms with Crippen LogP contribution in [0.25, 0.3) is 0 Å². The van der Waals surface area contributed by atoms with Gasteiger partial charge in [-0.05, 0) is 73.5 Å². The molecule has 0 saturated carbocycles. The molecule has 0 fully saturated rings. The molecule has 28 heavy (non-hydrogen) atoms. The monoisotopic (exact) mass is 395 g/mol. The van der Waals surface area contributed by atoms with Gasteiger partial charge in [0, 0.05) is 17.4 Å². The third-order valence-corrected chi connectivity index (χ3v) is 5.74. The van der Waals surface area contributed by atoms with Crippen molar-refractivity contribution in [2.24, 2.45) is 0 Å². The van der Waals surface area contributed by atoms with Gasteiger partial charge in [-0.1, -0.05) is 12.1 Å². The molecule has 1 heterocycles. The molecule has 0 bridgehead atoms. The third-order valence-electron chi connectivity index (χ3n) is 4.34. The molecule has 144 valence electrons. The van der Waals surface area contributed by atoms with E-state index in [1.165, 1.54) is 24.3 Å². The Morgan fingerprint density at radius 1 is 0.964 bits per heavy atom. The van der Waals surface area contributed by atoms with Gasteiger partial charge < -0.3 is 5.32 Å². The smallest absolute Gasteiger partial charge is 0.261 e. The molecule has 7 heteroatoms. The van der Waals surface area contributed by atoms with E-state index in [0.29, 0.717) is 17.8 Å². The Balaban J connectivity index is 1.68. The van der Waals surface area contributed by atoms with E-state index in [0.717, 1.165) is 16.8 Å². The minimum atomic E-state index is -3.73. The van der Waals surface area contributed by atoms with E-state index >= 15 is 0 Å². The molecule has 0 spiro atoms. The average Bonchev–Trinajstić information content (AvgIpc) is 2.69. The number of aryl methyl sites for hydroxylation is 2. The number of nitrogens with zero attached hydrogens (tertiary/aromatic N) is 1. The summed E-state index contributed by atoms with van der Waals surface area (Å²) in [5.74, 6) is -0.295. The Hall–Kier alpha value is -3.19. The topological polar surface area (TPSA) is 88.2 Å². The van der Waals surface area contributed by atoms with Crippen molar-refractivity contribution in [3.8, 4) is 0 Å². The highest BCUT2D eigenvalue weighted by molar-refractivity contribution is 7.92. The number of benzene rings is 2. The first-order valence-corrected chi connectivity index (χ1v) is 10.2. The van der Waals surface area contributed by atoms with Gasteiger partial charge in [-0.2, -0.15) is 0 Å². The van der Waals surface area contributed by atoms with Crippen LogP contribution in [0.2, 0.25) is 0 Å². The molecule has 0 radical (unpaired) electrons. The lowest BCUT2D eigenvalue weighted by Gasteiger charge is -2.10. The molecule has 0 aliphatic carbocycles. The fraction of sp³-hybridized carbons (Fsp3) is 0.143. The number of aromatic nitrogens is 1. The van der Waals surface area contributed by atoms with Gasteiger partial charge in [-0.3, -0.25) is 14.5 Å². The number of carbonyl (C=O) groups is 1. The van der Waals surface area contributed by atoms with E-state index in [-0.39, 0.29) is 10.8 Å². The molecule has 0 unspecified atom stereocenters. The number of hydrogen-bond donors (Lipinski definition) is 2. The van der Waals surface area contributed by atoms with Gasteiger partial charge in [0.25, 0.3) is 15.9 Å². The van der Waals surface area contributed by atoms with Crippen molar-refractivity contribution in [2.45, 2.75) is 25.3 Å². The lowest BCUT2D eigenvalue weighted by molar-refractivity contribution is 0.0950. The van der Waals surface area contributed by atoms with Crippen LogP contribution < -0.4 is 10.0 Å². The van der Waals surface area contributed by atoms with Crippen molar-refractivity contribution >= 4 is 21.6 Å². The zero-order chi connectivity index (χ0) is 20.1. The number of pyridine rings is 1. The second-order valence-corrected chi connectivity index (χ2v) is 8.12. The number of nitrogens with one attached hydrogen (secondary N) is 2. The van der Waals surface area contributed by atoms with Crippen LogP contribution in [0.3, 0.4) is 0 Å². The number of hydrogen-bond acceptors (Lipinski definition) is 4. The van der Waals surface area contributed by atoms with Crippen LogP contribution in [-0.2, 0) is 16.6 Å². The highest BCUT2D eigenvalue weighted by Crippen LogP contribution is 2.19. The minimum Gasteiger partial charge on any atom is -0.346 e. The summed E-state index contributed by atoms with van der Waals surface area (Å²) >= 11 is 0. The molecule has 0 aliphatic heterocycles. The van der Waals surface area contributed by atoms with Gasteiger partial charge in [0.2, 0.25) is 0 Å². The van der Waals surface area contributed by atoms with Gasteiger partial charge in [0.05, 0.1) is 17.1 Å². The van der Waals surface area contributed by atoms with Gasteiger partial charge in [0.15, 0.2) is 0 Å². The lowest BCUT2D eigenvalue weighted by Crippen LogP contribution is -2.23. The van der Waals surface area contributed by atoms with Gasteiger partial charge >= 0.3 is 0 Å². The maximum absolute atomic E-state index is 12.6. The Labute approximate surface area is 164 Å². The van der Waals surface area contributed by atoms with E-state index in [4.69, 9.17) is 0 Å². The lowest BCUT2D eigenvalue weighted by atomic mass is 10.1. The second kappa shape index (κ2) is 8.22. The van der Waals surface area contributed by atoms with E-state index < -0.39 is 10.0 Å². The fourth-order valence-corrected chi connectivity index (χ4v) is 3.63. The van der Waals surface area contributed by atoms with Crippen molar-refractivity contribution in [3.63, 3.8) is 0 Å². The second-order valence-electron chi connectivity index (χ2n) is 6.43. The van der Waals surface area contributed by atoms with Crippen molar-refractivity contribution in [3.05, 3.63) is 89.2 Å². The van der Waals surface area contributed by atoms with Crippen molar-refractivity contribution in [2.75, 3.05) is 4.72 Å². The first kappa shape index (κ1) is 19.6. The summed E-state index contributed by atoms with van der Waals surface area (Å²) in [6.07, 6.45) is 1.66. The van der Waals surface area contributed by atoms with Crippen LogP contribution in [0.4, 0.5) is 5.69 Å². The van der Waals surface area contributed by atoms with Crippen LogP contribution >= 0.6 is 0 Å². The van der Waals surface area contributed by atoms with E-state index in [1.807, 2.05) is 32.0 Å².